The van der Waals surface area contributed by atoms with Crippen molar-refractivity contribution in [1.82, 2.24) is 10.3 Å². The lowest BCUT2D eigenvalue weighted by atomic mass is 10.1. The minimum Gasteiger partial charge on any atom is -0.497 e. The molecule has 0 saturated heterocycles. The topological polar surface area (TPSA) is 51.2 Å². The van der Waals surface area contributed by atoms with Crippen LogP contribution in [0.15, 0.2) is 53.9 Å². The highest BCUT2D eigenvalue weighted by Crippen LogP contribution is 2.26. The van der Waals surface area contributed by atoms with Gasteiger partial charge in [-0.1, -0.05) is 29.8 Å². The zero-order chi connectivity index (χ0) is 18.4. The van der Waals surface area contributed by atoms with E-state index in [-0.39, 0.29) is 5.91 Å². The Hall–Kier alpha value is -2.66. The Morgan fingerprint density at radius 2 is 2.00 bits per heavy atom. The first kappa shape index (κ1) is 18.1. The second kappa shape index (κ2) is 8.63. The Labute approximate surface area is 157 Å². The SMILES string of the molecule is COc1ccc(-c2nc(CCC(=O)NCc3cccc(C)c3)cs2)cc1. The number of thiazole rings is 1. The maximum Gasteiger partial charge on any atom is 0.220 e. The summed E-state index contributed by atoms with van der Waals surface area (Å²) in [4.78, 5) is 16.7. The van der Waals surface area contributed by atoms with Gasteiger partial charge < -0.3 is 10.1 Å². The first-order valence-electron chi connectivity index (χ1n) is 8.55. The number of carbonyl (C=O) groups excluding carboxylic acids is 1. The molecule has 3 aromatic rings. The third-order valence-corrected chi connectivity index (χ3v) is 5.01. The number of methoxy groups -OCH3 is 1. The Bertz CT molecular complexity index is 872. The predicted octanol–water partition coefficient (Wildman–Crippen LogP) is 4.38. The first-order valence-corrected chi connectivity index (χ1v) is 9.43. The molecule has 2 aromatic carbocycles. The highest BCUT2D eigenvalue weighted by atomic mass is 32.1. The van der Waals surface area contributed by atoms with Gasteiger partial charge in [0.05, 0.1) is 12.8 Å². The number of aryl methyl sites for hydroxylation is 2. The molecule has 0 spiro atoms. The van der Waals surface area contributed by atoms with Crippen molar-refractivity contribution in [3.05, 3.63) is 70.7 Å². The van der Waals surface area contributed by atoms with E-state index in [9.17, 15) is 4.79 Å². The fourth-order valence-corrected chi connectivity index (χ4v) is 3.50. The molecule has 3 rings (SSSR count). The van der Waals surface area contributed by atoms with Gasteiger partial charge in [-0.2, -0.15) is 0 Å². The number of hydrogen-bond acceptors (Lipinski definition) is 4. The molecule has 1 amide bonds. The van der Waals surface area contributed by atoms with E-state index in [1.165, 1.54) is 5.56 Å². The van der Waals surface area contributed by atoms with E-state index >= 15 is 0 Å². The van der Waals surface area contributed by atoms with Crippen molar-refractivity contribution in [3.8, 4) is 16.3 Å². The number of rotatable bonds is 7. The summed E-state index contributed by atoms with van der Waals surface area (Å²) < 4.78 is 5.18. The number of amides is 1. The molecule has 1 heterocycles. The molecule has 134 valence electrons. The third kappa shape index (κ3) is 4.92. The van der Waals surface area contributed by atoms with Crippen LogP contribution in [0.25, 0.3) is 10.6 Å². The summed E-state index contributed by atoms with van der Waals surface area (Å²) >= 11 is 1.60. The summed E-state index contributed by atoms with van der Waals surface area (Å²) in [7, 11) is 1.65. The molecule has 0 radical (unpaired) electrons. The van der Waals surface area contributed by atoms with E-state index in [1.807, 2.05) is 54.8 Å². The zero-order valence-electron chi connectivity index (χ0n) is 15.0. The van der Waals surface area contributed by atoms with Gasteiger partial charge in [0, 0.05) is 23.9 Å². The number of aromatic nitrogens is 1. The largest absolute Gasteiger partial charge is 0.497 e. The van der Waals surface area contributed by atoms with Crippen LogP contribution in [0.1, 0.15) is 23.2 Å². The van der Waals surface area contributed by atoms with E-state index in [0.29, 0.717) is 19.4 Å². The maximum absolute atomic E-state index is 12.1. The van der Waals surface area contributed by atoms with Crippen molar-refractivity contribution in [1.29, 1.82) is 0 Å². The molecule has 0 fully saturated rings. The number of carbonyl (C=O) groups is 1. The fourth-order valence-electron chi connectivity index (χ4n) is 2.64. The molecule has 0 unspecified atom stereocenters. The van der Waals surface area contributed by atoms with Gasteiger partial charge in [-0.3, -0.25) is 4.79 Å². The number of nitrogens with zero attached hydrogens (tertiary/aromatic N) is 1. The number of benzene rings is 2. The molecule has 1 aromatic heterocycles. The van der Waals surface area contributed by atoms with Crippen LogP contribution in [0.4, 0.5) is 0 Å². The molecule has 0 bridgehead atoms. The highest BCUT2D eigenvalue weighted by molar-refractivity contribution is 7.13. The summed E-state index contributed by atoms with van der Waals surface area (Å²) in [6.07, 6.45) is 1.09. The van der Waals surface area contributed by atoms with E-state index in [0.717, 1.165) is 27.6 Å². The summed E-state index contributed by atoms with van der Waals surface area (Å²) in [5.41, 5.74) is 4.33. The quantitative estimate of drug-likeness (QED) is 0.675. The van der Waals surface area contributed by atoms with E-state index < -0.39 is 0 Å². The normalized spacial score (nSPS) is 10.5. The molecule has 4 nitrogen and oxygen atoms in total. The lowest BCUT2D eigenvalue weighted by Crippen LogP contribution is -2.23. The van der Waals surface area contributed by atoms with Crippen LogP contribution in [-0.4, -0.2) is 18.0 Å². The number of nitrogens with one attached hydrogen (secondary N) is 1. The standard InChI is InChI=1S/C21H22N2O2S/c1-15-4-3-5-16(12-15)13-22-20(24)11-8-18-14-26-21(23-18)17-6-9-19(25-2)10-7-17/h3-7,9-10,12,14H,8,11,13H2,1-2H3,(H,22,24). The minimum absolute atomic E-state index is 0.0468. The molecular formula is C21H22N2O2S. The molecular weight excluding hydrogens is 344 g/mol. The Morgan fingerprint density at radius 1 is 1.19 bits per heavy atom. The first-order chi connectivity index (χ1) is 12.6. The highest BCUT2D eigenvalue weighted by Gasteiger charge is 2.08. The second-order valence-electron chi connectivity index (χ2n) is 6.14. The van der Waals surface area contributed by atoms with Crippen molar-refractivity contribution in [2.75, 3.05) is 7.11 Å². The molecule has 0 aliphatic heterocycles. The van der Waals surface area contributed by atoms with Crippen LogP contribution in [0.5, 0.6) is 5.75 Å². The van der Waals surface area contributed by atoms with Gasteiger partial charge in [-0.25, -0.2) is 4.98 Å². The average Bonchev–Trinajstić information content (AvgIpc) is 3.14. The molecule has 0 atom stereocenters. The van der Waals surface area contributed by atoms with Crippen LogP contribution >= 0.6 is 11.3 Å². The van der Waals surface area contributed by atoms with E-state index in [4.69, 9.17) is 4.74 Å². The summed E-state index contributed by atoms with van der Waals surface area (Å²) in [5.74, 6) is 0.876. The van der Waals surface area contributed by atoms with Crippen LogP contribution in [0, 0.1) is 6.92 Å². The van der Waals surface area contributed by atoms with Crippen LogP contribution in [0.2, 0.25) is 0 Å². The predicted molar refractivity (Wildman–Crippen MR) is 105 cm³/mol. The molecule has 0 aliphatic rings. The Kier molecular flexibility index (Phi) is 6.02. The van der Waals surface area contributed by atoms with Crippen LogP contribution in [-0.2, 0) is 17.8 Å². The lowest BCUT2D eigenvalue weighted by Gasteiger charge is -2.05. The molecule has 1 N–H and O–H groups in total. The van der Waals surface area contributed by atoms with Crippen molar-refractivity contribution in [3.63, 3.8) is 0 Å². The van der Waals surface area contributed by atoms with Gasteiger partial charge >= 0.3 is 0 Å². The maximum atomic E-state index is 12.1. The van der Waals surface area contributed by atoms with Gasteiger partial charge in [0.15, 0.2) is 0 Å². The van der Waals surface area contributed by atoms with Crippen molar-refractivity contribution in [2.24, 2.45) is 0 Å². The van der Waals surface area contributed by atoms with Gasteiger partial charge in [0.2, 0.25) is 5.91 Å². The van der Waals surface area contributed by atoms with E-state index in [1.54, 1.807) is 18.4 Å². The van der Waals surface area contributed by atoms with Crippen molar-refractivity contribution in [2.45, 2.75) is 26.3 Å². The zero-order valence-corrected chi connectivity index (χ0v) is 15.8. The molecule has 0 aliphatic carbocycles. The van der Waals surface area contributed by atoms with Crippen LogP contribution in [0.3, 0.4) is 0 Å². The molecule has 5 heteroatoms. The van der Waals surface area contributed by atoms with Gasteiger partial charge in [-0.15, -0.1) is 11.3 Å². The second-order valence-corrected chi connectivity index (χ2v) is 7.00. The Balaban J connectivity index is 1.50. The van der Waals surface area contributed by atoms with Gasteiger partial charge in [0.1, 0.15) is 10.8 Å². The Morgan fingerprint density at radius 3 is 2.73 bits per heavy atom. The number of hydrogen-bond donors (Lipinski definition) is 1. The number of ether oxygens (including phenoxy) is 1. The van der Waals surface area contributed by atoms with Gasteiger partial charge in [0.25, 0.3) is 0 Å². The molecule has 26 heavy (non-hydrogen) atoms. The van der Waals surface area contributed by atoms with Crippen molar-refractivity contribution < 1.29 is 9.53 Å². The van der Waals surface area contributed by atoms with E-state index in [2.05, 4.69) is 16.4 Å². The summed E-state index contributed by atoms with van der Waals surface area (Å²) in [5, 5.41) is 5.95. The van der Waals surface area contributed by atoms with Crippen LogP contribution < -0.4 is 10.1 Å². The minimum atomic E-state index is 0.0468. The fraction of sp³-hybridized carbons (Fsp3) is 0.238. The van der Waals surface area contributed by atoms with Crippen molar-refractivity contribution >= 4 is 17.2 Å². The third-order valence-electron chi connectivity index (χ3n) is 4.07. The van der Waals surface area contributed by atoms with Gasteiger partial charge in [-0.05, 0) is 43.2 Å². The lowest BCUT2D eigenvalue weighted by molar-refractivity contribution is -0.121. The summed E-state index contributed by atoms with van der Waals surface area (Å²) in [6, 6.07) is 16.0. The molecule has 0 saturated carbocycles. The smallest absolute Gasteiger partial charge is 0.220 e. The summed E-state index contributed by atoms with van der Waals surface area (Å²) in [6.45, 7) is 2.61. The monoisotopic (exact) mass is 366 g/mol. The average molecular weight is 366 g/mol.